The summed E-state index contributed by atoms with van der Waals surface area (Å²) in [4.78, 5) is 14.7. The minimum absolute atomic E-state index is 0.0673. The number of aryl methyl sites for hydroxylation is 2. The average molecular weight is 379 g/mol. The van der Waals surface area contributed by atoms with Crippen LogP contribution in [0, 0.1) is 25.7 Å². The van der Waals surface area contributed by atoms with E-state index in [1.54, 1.807) is 13.0 Å². The van der Waals surface area contributed by atoms with E-state index in [0.717, 1.165) is 31.0 Å². The van der Waals surface area contributed by atoms with Crippen LogP contribution in [0.2, 0.25) is 0 Å². The van der Waals surface area contributed by atoms with E-state index in [4.69, 9.17) is 0 Å². The molecule has 2 aliphatic rings. The number of hydrogen-bond acceptors (Lipinski definition) is 3. The highest BCUT2D eigenvalue weighted by atomic mass is 32.2. The number of nitrogens with zero attached hydrogens (tertiary/aromatic N) is 1. The van der Waals surface area contributed by atoms with E-state index < -0.39 is 10.0 Å². The van der Waals surface area contributed by atoms with Gasteiger partial charge in [-0.3, -0.25) is 4.79 Å². The first-order valence-corrected chi connectivity index (χ1v) is 11.2. The molecule has 2 fully saturated rings. The van der Waals surface area contributed by atoms with E-state index in [0.29, 0.717) is 16.4 Å². The van der Waals surface area contributed by atoms with E-state index in [9.17, 15) is 13.2 Å². The van der Waals surface area contributed by atoms with Crippen LogP contribution in [0.5, 0.6) is 0 Å². The van der Waals surface area contributed by atoms with Crippen molar-refractivity contribution in [3.8, 4) is 0 Å². The third kappa shape index (κ3) is 4.46. The maximum Gasteiger partial charge on any atom is 0.240 e. The molecule has 1 aromatic carbocycles. The molecule has 1 heterocycles. The van der Waals surface area contributed by atoms with Gasteiger partial charge in [0.1, 0.15) is 0 Å². The predicted octanol–water partition coefficient (Wildman–Crippen LogP) is 3.01. The van der Waals surface area contributed by atoms with Gasteiger partial charge in [-0.25, -0.2) is 13.1 Å². The normalized spacial score (nSPS) is 23.5. The van der Waals surface area contributed by atoms with Gasteiger partial charge in [0.2, 0.25) is 15.9 Å². The maximum absolute atomic E-state index is 12.5. The summed E-state index contributed by atoms with van der Waals surface area (Å²) in [6, 6.07) is 5.38. The fourth-order valence-electron chi connectivity index (χ4n) is 4.35. The van der Waals surface area contributed by atoms with Crippen LogP contribution in [0.25, 0.3) is 0 Å². The Morgan fingerprint density at radius 2 is 1.88 bits per heavy atom. The quantitative estimate of drug-likeness (QED) is 0.856. The third-order valence-electron chi connectivity index (χ3n) is 5.91. The highest BCUT2D eigenvalue weighted by molar-refractivity contribution is 7.89. The molecule has 1 aromatic rings. The molecule has 0 unspecified atom stereocenters. The molecule has 6 heteroatoms. The molecular weight excluding hydrogens is 348 g/mol. The Labute approximate surface area is 157 Å². The number of rotatable bonds is 5. The summed E-state index contributed by atoms with van der Waals surface area (Å²) < 4.78 is 27.6. The van der Waals surface area contributed by atoms with Gasteiger partial charge in [-0.2, -0.15) is 0 Å². The van der Waals surface area contributed by atoms with Crippen molar-refractivity contribution >= 4 is 15.9 Å². The van der Waals surface area contributed by atoms with E-state index >= 15 is 0 Å². The molecule has 1 aliphatic carbocycles. The zero-order valence-corrected chi connectivity index (χ0v) is 16.6. The highest BCUT2D eigenvalue weighted by Crippen LogP contribution is 2.36. The molecule has 2 atom stereocenters. The third-order valence-corrected chi connectivity index (χ3v) is 7.51. The van der Waals surface area contributed by atoms with Gasteiger partial charge >= 0.3 is 0 Å². The average Bonchev–Trinajstić information content (AvgIpc) is 2.63. The molecule has 144 valence electrons. The van der Waals surface area contributed by atoms with Gasteiger partial charge in [0.25, 0.3) is 0 Å². The van der Waals surface area contributed by atoms with E-state index in [1.165, 1.54) is 25.7 Å². The number of likely N-dealkylation sites (tertiary alicyclic amines) is 1. The molecular formula is C20H30N2O3S. The molecule has 0 radical (unpaired) electrons. The smallest absolute Gasteiger partial charge is 0.240 e. The second-order valence-corrected chi connectivity index (χ2v) is 9.59. The van der Waals surface area contributed by atoms with Crippen molar-refractivity contribution in [2.24, 2.45) is 11.8 Å². The number of piperidine rings is 1. The summed E-state index contributed by atoms with van der Waals surface area (Å²) in [6.07, 6.45) is 6.47. The lowest BCUT2D eigenvalue weighted by atomic mass is 9.75. The number of hydrogen-bond donors (Lipinski definition) is 1. The monoisotopic (exact) mass is 378 g/mol. The van der Waals surface area contributed by atoms with Crippen molar-refractivity contribution in [2.45, 2.75) is 57.3 Å². The fraction of sp³-hybridized carbons (Fsp3) is 0.650. The van der Waals surface area contributed by atoms with Gasteiger partial charge < -0.3 is 4.90 Å². The summed E-state index contributed by atoms with van der Waals surface area (Å²) in [5.41, 5.74) is 1.62. The number of amides is 1. The van der Waals surface area contributed by atoms with Gasteiger partial charge in [0.15, 0.2) is 0 Å². The van der Waals surface area contributed by atoms with Crippen molar-refractivity contribution in [1.29, 1.82) is 0 Å². The molecule has 1 amide bonds. The second-order valence-electron chi connectivity index (χ2n) is 7.85. The molecule has 3 rings (SSSR count). The van der Waals surface area contributed by atoms with Gasteiger partial charge in [0.05, 0.1) is 4.90 Å². The number of carbonyl (C=O) groups is 1. The Bertz CT molecular complexity index is 760. The first kappa shape index (κ1) is 19.4. The summed E-state index contributed by atoms with van der Waals surface area (Å²) in [5, 5.41) is 0. The van der Waals surface area contributed by atoms with Gasteiger partial charge in [0, 0.05) is 26.1 Å². The lowest BCUT2D eigenvalue weighted by Crippen LogP contribution is -2.45. The Kier molecular flexibility index (Phi) is 6.03. The highest BCUT2D eigenvalue weighted by Gasteiger charge is 2.32. The predicted molar refractivity (Wildman–Crippen MR) is 102 cm³/mol. The molecule has 1 saturated heterocycles. The van der Waals surface area contributed by atoms with Gasteiger partial charge in [-0.05, 0) is 55.7 Å². The molecule has 26 heavy (non-hydrogen) atoms. The molecule has 0 bridgehead atoms. The summed E-state index contributed by atoms with van der Waals surface area (Å²) in [6.45, 7) is 5.49. The number of benzene rings is 1. The molecule has 1 N–H and O–H groups in total. The largest absolute Gasteiger partial charge is 0.342 e. The first-order chi connectivity index (χ1) is 12.4. The van der Waals surface area contributed by atoms with Crippen molar-refractivity contribution in [3.05, 3.63) is 29.3 Å². The zero-order chi connectivity index (χ0) is 18.7. The summed E-state index contributed by atoms with van der Waals surface area (Å²) in [7, 11) is -3.58. The molecule has 1 aliphatic heterocycles. The molecule has 0 aromatic heterocycles. The van der Waals surface area contributed by atoms with Crippen LogP contribution in [0.15, 0.2) is 23.1 Å². The lowest BCUT2D eigenvalue weighted by Gasteiger charge is -2.41. The maximum atomic E-state index is 12.5. The van der Waals surface area contributed by atoms with Crippen LogP contribution >= 0.6 is 0 Å². The van der Waals surface area contributed by atoms with Crippen LogP contribution in [0.1, 0.15) is 49.7 Å². The minimum Gasteiger partial charge on any atom is -0.342 e. The van der Waals surface area contributed by atoms with Crippen molar-refractivity contribution in [2.75, 3.05) is 19.6 Å². The lowest BCUT2D eigenvalue weighted by molar-refractivity contribution is -0.134. The number of nitrogens with one attached hydrogen (secondary N) is 1. The van der Waals surface area contributed by atoms with Crippen molar-refractivity contribution in [3.63, 3.8) is 0 Å². The number of sulfonamides is 1. The summed E-state index contributed by atoms with van der Waals surface area (Å²) >= 11 is 0. The van der Waals surface area contributed by atoms with Crippen LogP contribution in [-0.2, 0) is 14.8 Å². The van der Waals surface area contributed by atoms with E-state index in [2.05, 4.69) is 4.72 Å². The van der Waals surface area contributed by atoms with Gasteiger partial charge in [-0.1, -0.05) is 31.4 Å². The Balaban J connectivity index is 1.52. The fourth-order valence-corrected chi connectivity index (χ4v) is 5.71. The number of fused-ring (bicyclic) bond motifs is 1. The first-order valence-electron chi connectivity index (χ1n) is 9.71. The number of carbonyl (C=O) groups excluding carboxylic acids is 1. The zero-order valence-electron chi connectivity index (χ0n) is 15.8. The SMILES string of the molecule is Cc1ccc(C)c(S(=O)(=O)NCCC(=O)N2CC[C@@H]3CCCC[C@@H]3C2)c1. The molecule has 1 saturated carbocycles. The summed E-state index contributed by atoms with van der Waals surface area (Å²) in [5.74, 6) is 1.50. The standard InChI is InChI=1S/C20H30N2O3S/c1-15-7-8-16(2)19(13-15)26(24,25)21-11-9-20(23)22-12-10-17-5-3-4-6-18(17)14-22/h7-8,13,17-18,21H,3-6,9-12,14H2,1-2H3/t17-,18+/m0/s1. The van der Waals surface area contributed by atoms with Crippen LogP contribution in [0.3, 0.4) is 0 Å². The van der Waals surface area contributed by atoms with Crippen LogP contribution in [-0.4, -0.2) is 38.9 Å². The van der Waals surface area contributed by atoms with E-state index in [1.807, 2.05) is 24.0 Å². The van der Waals surface area contributed by atoms with Crippen LogP contribution < -0.4 is 4.72 Å². The second kappa shape index (κ2) is 8.09. The minimum atomic E-state index is -3.58. The Hall–Kier alpha value is -1.40. The van der Waals surface area contributed by atoms with Crippen LogP contribution in [0.4, 0.5) is 0 Å². The van der Waals surface area contributed by atoms with Crippen molar-refractivity contribution < 1.29 is 13.2 Å². The van der Waals surface area contributed by atoms with E-state index in [-0.39, 0.29) is 18.9 Å². The van der Waals surface area contributed by atoms with Crippen molar-refractivity contribution in [1.82, 2.24) is 9.62 Å². The van der Waals surface area contributed by atoms with Gasteiger partial charge in [-0.15, -0.1) is 0 Å². The molecule has 5 nitrogen and oxygen atoms in total. The topological polar surface area (TPSA) is 66.5 Å². The Morgan fingerprint density at radius 1 is 1.15 bits per heavy atom. The molecule has 0 spiro atoms. The Morgan fingerprint density at radius 3 is 2.65 bits per heavy atom.